The molecule has 0 fully saturated rings. The van der Waals surface area contributed by atoms with E-state index in [-0.39, 0.29) is 16.5 Å². The number of alkyl halides is 3. The van der Waals surface area contributed by atoms with Crippen LogP contribution in [-0.2, 0) is 6.18 Å². The third-order valence-electron chi connectivity index (χ3n) is 2.30. The number of carbonyl (C=O) groups is 1. The van der Waals surface area contributed by atoms with E-state index in [4.69, 9.17) is 0 Å². The molecule has 0 spiro atoms. The molecule has 0 aliphatic rings. The van der Waals surface area contributed by atoms with Gasteiger partial charge in [-0.2, -0.15) is 13.2 Å². The molecule has 10 heteroatoms. The van der Waals surface area contributed by atoms with E-state index < -0.39 is 17.1 Å². The summed E-state index contributed by atoms with van der Waals surface area (Å²) in [6.45, 7) is 0. The molecule has 21 heavy (non-hydrogen) atoms. The van der Waals surface area contributed by atoms with Crippen molar-refractivity contribution < 1.29 is 18.0 Å². The van der Waals surface area contributed by atoms with Crippen molar-refractivity contribution >= 4 is 50.1 Å². The standard InChI is InChI=1S/C11H7BrF3N3OS2/c1-20-7-5(3-2-4-6(7)12)8(19)16-10-18-17-9(21-10)11(13,14)15/h2-4H,1H3,(H,16,18,19). The summed E-state index contributed by atoms with van der Waals surface area (Å²) >= 11 is 4.95. The lowest BCUT2D eigenvalue weighted by Gasteiger charge is -2.08. The summed E-state index contributed by atoms with van der Waals surface area (Å²) in [5.74, 6) is -0.537. The quantitative estimate of drug-likeness (QED) is 0.784. The third-order valence-corrected chi connectivity index (χ3v) is 4.96. The number of amides is 1. The van der Waals surface area contributed by atoms with Gasteiger partial charge in [0.25, 0.3) is 5.91 Å². The van der Waals surface area contributed by atoms with E-state index in [9.17, 15) is 18.0 Å². The fraction of sp³-hybridized carbons (Fsp3) is 0.182. The van der Waals surface area contributed by atoms with E-state index in [0.29, 0.717) is 10.5 Å². The van der Waals surface area contributed by atoms with Crippen molar-refractivity contribution in [2.24, 2.45) is 0 Å². The monoisotopic (exact) mass is 397 g/mol. The minimum absolute atomic E-state index is 0.195. The topological polar surface area (TPSA) is 54.9 Å². The number of hydrogen-bond donors (Lipinski definition) is 1. The highest BCUT2D eigenvalue weighted by Crippen LogP contribution is 2.34. The second-order valence-electron chi connectivity index (χ2n) is 3.68. The lowest BCUT2D eigenvalue weighted by Crippen LogP contribution is -2.13. The van der Waals surface area contributed by atoms with Gasteiger partial charge in [-0.25, -0.2) is 0 Å². The zero-order chi connectivity index (χ0) is 15.6. The van der Waals surface area contributed by atoms with Gasteiger partial charge in [0, 0.05) is 9.37 Å². The molecule has 0 saturated carbocycles. The van der Waals surface area contributed by atoms with Crippen molar-refractivity contribution in [3.05, 3.63) is 33.2 Å². The van der Waals surface area contributed by atoms with Crippen LogP contribution in [0.1, 0.15) is 15.4 Å². The zero-order valence-electron chi connectivity index (χ0n) is 10.4. The Morgan fingerprint density at radius 1 is 1.38 bits per heavy atom. The van der Waals surface area contributed by atoms with Gasteiger partial charge in [-0.15, -0.1) is 22.0 Å². The number of benzene rings is 1. The molecule has 1 aromatic heterocycles. The highest BCUT2D eigenvalue weighted by atomic mass is 79.9. The van der Waals surface area contributed by atoms with Crippen molar-refractivity contribution in [2.75, 3.05) is 11.6 Å². The maximum atomic E-state index is 12.4. The molecule has 0 radical (unpaired) electrons. The van der Waals surface area contributed by atoms with Gasteiger partial charge in [0.15, 0.2) is 0 Å². The summed E-state index contributed by atoms with van der Waals surface area (Å²) in [6, 6.07) is 5.02. The molecule has 4 nitrogen and oxygen atoms in total. The molecule has 112 valence electrons. The lowest BCUT2D eigenvalue weighted by atomic mass is 10.2. The first-order valence-corrected chi connectivity index (χ1v) is 8.21. The molecule has 2 aromatic rings. The first kappa shape index (κ1) is 16.2. The number of hydrogen-bond acceptors (Lipinski definition) is 5. The fourth-order valence-electron chi connectivity index (χ4n) is 1.45. The summed E-state index contributed by atoms with van der Waals surface area (Å²) in [6.07, 6.45) is -2.77. The van der Waals surface area contributed by atoms with Crippen LogP contribution < -0.4 is 5.32 Å². The molecule has 1 amide bonds. The van der Waals surface area contributed by atoms with Crippen LogP contribution in [0.25, 0.3) is 0 Å². The van der Waals surface area contributed by atoms with Crippen LogP contribution in [0.3, 0.4) is 0 Å². The molecule has 1 aromatic carbocycles. The van der Waals surface area contributed by atoms with Gasteiger partial charge in [0.1, 0.15) is 0 Å². The van der Waals surface area contributed by atoms with E-state index in [1.165, 1.54) is 11.8 Å². The van der Waals surface area contributed by atoms with E-state index in [0.717, 1.165) is 4.47 Å². The molecule has 1 heterocycles. The van der Waals surface area contributed by atoms with Crippen molar-refractivity contribution in [3.63, 3.8) is 0 Å². The van der Waals surface area contributed by atoms with Gasteiger partial charge in [0.05, 0.1) is 5.56 Å². The Morgan fingerprint density at radius 2 is 2.10 bits per heavy atom. The number of thioether (sulfide) groups is 1. The number of halogens is 4. The Labute approximate surface area is 134 Å². The average Bonchev–Trinajstić information content (AvgIpc) is 2.86. The number of anilines is 1. The predicted molar refractivity (Wildman–Crippen MR) is 78.8 cm³/mol. The van der Waals surface area contributed by atoms with Gasteiger partial charge in [-0.1, -0.05) is 17.4 Å². The largest absolute Gasteiger partial charge is 0.445 e. The molecule has 0 aliphatic carbocycles. The first-order chi connectivity index (χ1) is 9.82. The van der Waals surface area contributed by atoms with Gasteiger partial charge in [-0.3, -0.25) is 10.1 Å². The van der Waals surface area contributed by atoms with E-state index in [1.807, 2.05) is 0 Å². The molecule has 1 N–H and O–H groups in total. The summed E-state index contributed by atoms with van der Waals surface area (Å²) in [5, 5.41) is 7.36. The first-order valence-electron chi connectivity index (χ1n) is 5.37. The molecule has 0 bridgehead atoms. The maximum absolute atomic E-state index is 12.4. The van der Waals surface area contributed by atoms with Crippen molar-refractivity contribution in [2.45, 2.75) is 11.1 Å². The van der Waals surface area contributed by atoms with Crippen LogP contribution in [0.5, 0.6) is 0 Å². The summed E-state index contributed by atoms with van der Waals surface area (Å²) < 4.78 is 38.0. The third kappa shape index (κ3) is 3.74. The number of aromatic nitrogens is 2. The molecule has 0 atom stereocenters. The summed E-state index contributed by atoms with van der Waals surface area (Å²) in [7, 11) is 0. The molecule has 0 saturated heterocycles. The average molecular weight is 398 g/mol. The van der Waals surface area contributed by atoms with Crippen molar-refractivity contribution in [1.82, 2.24) is 10.2 Å². The van der Waals surface area contributed by atoms with Crippen LogP contribution in [-0.4, -0.2) is 22.4 Å². The lowest BCUT2D eigenvalue weighted by molar-refractivity contribution is -0.138. The SMILES string of the molecule is CSc1c(Br)cccc1C(=O)Nc1nnc(C(F)(F)F)s1. The molecular weight excluding hydrogens is 391 g/mol. The number of rotatable bonds is 3. The van der Waals surface area contributed by atoms with Crippen molar-refractivity contribution in [3.8, 4) is 0 Å². The Bertz CT molecular complexity index is 675. The van der Waals surface area contributed by atoms with Crippen LogP contribution in [0, 0.1) is 0 Å². The Hall–Kier alpha value is -1.13. The smallest absolute Gasteiger partial charge is 0.296 e. The van der Waals surface area contributed by atoms with Crippen LogP contribution in [0.4, 0.5) is 18.3 Å². The van der Waals surface area contributed by atoms with Crippen LogP contribution in [0.15, 0.2) is 27.6 Å². The number of nitrogens with zero attached hydrogens (tertiary/aromatic N) is 2. The Kier molecular flexibility index (Phi) is 4.89. The molecule has 0 aliphatic heterocycles. The van der Waals surface area contributed by atoms with Gasteiger partial charge in [0.2, 0.25) is 10.1 Å². The maximum Gasteiger partial charge on any atom is 0.445 e. The minimum atomic E-state index is -4.57. The molecule has 2 rings (SSSR count). The number of carbonyl (C=O) groups excluding carboxylic acids is 1. The minimum Gasteiger partial charge on any atom is -0.296 e. The van der Waals surface area contributed by atoms with Gasteiger partial charge in [-0.05, 0) is 34.3 Å². The molecule has 0 unspecified atom stereocenters. The summed E-state index contributed by atoms with van der Waals surface area (Å²) in [4.78, 5) is 12.8. The fourth-order valence-corrected chi connectivity index (χ4v) is 3.55. The van der Waals surface area contributed by atoms with Crippen LogP contribution in [0.2, 0.25) is 0 Å². The van der Waals surface area contributed by atoms with Gasteiger partial charge < -0.3 is 0 Å². The second kappa shape index (κ2) is 6.32. The van der Waals surface area contributed by atoms with Gasteiger partial charge >= 0.3 is 6.18 Å². The van der Waals surface area contributed by atoms with E-state index >= 15 is 0 Å². The highest BCUT2D eigenvalue weighted by Gasteiger charge is 2.35. The van der Waals surface area contributed by atoms with Crippen LogP contribution >= 0.6 is 39.0 Å². The molecular formula is C11H7BrF3N3OS2. The normalized spacial score (nSPS) is 11.5. The Morgan fingerprint density at radius 3 is 2.67 bits per heavy atom. The zero-order valence-corrected chi connectivity index (χ0v) is 13.6. The Balaban J connectivity index is 2.23. The highest BCUT2D eigenvalue weighted by molar-refractivity contribution is 9.10. The summed E-state index contributed by atoms with van der Waals surface area (Å²) in [5.41, 5.74) is 0.348. The van der Waals surface area contributed by atoms with E-state index in [2.05, 4.69) is 31.4 Å². The predicted octanol–water partition coefficient (Wildman–Crippen LogP) is 4.29. The number of nitrogens with one attached hydrogen (secondary N) is 1. The van der Waals surface area contributed by atoms with E-state index in [1.54, 1.807) is 24.5 Å². The van der Waals surface area contributed by atoms with Crippen molar-refractivity contribution in [1.29, 1.82) is 0 Å². The second-order valence-corrected chi connectivity index (χ2v) is 6.33.